The van der Waals surface area contributed by atoms with Gasteiger partial charge in [-0.1, -0.05) is 24.3 Å². The lowest BCUT2D eigenvalue weighted by Crippen LogP contribution is -1.85. The predicted octanol–water partition coefficient (Wildman–Crippen LogP) is 2.52. The smallest absolute Gasteiger partial charge is 0.328 e. The largest absolute Gasteiger partial charge is 0.478 e. The fourth-order valence-corrected chi connectivity index (χ4v) is 1.06. The Labute approximate surface area is 81.5 Å². The van der Waals surface area contributed by atoms with Crippen molar-refractivity contribution in [3.63, 3.8) is 0 Å². The first kappa shape index (κ1) is 9.81. The molecule has 0 saturated carbocycles. The van der Waals surface area contributed by atoms with Crippen LogP contribution in [0.15, 0.2) is 30.3 Å². The van der Waals surface area contributed by atoms with E-state index >= 15 is 0 Å². The van der Waals surface area contributed by atoms with Gasteiger partial charge in [0.05, 0.1) is 0 Å². The van der Waals surface area contributed by atoms with Crippen LogP contribution in [0.3, 0.4) is 0 Å². The SMILES string of the molecule is O=C(O)C=Cc1ccc(CCl)cc1. The lowest BCUT2D eigenvalue weighted by molar-refractivity contribution is -0.131. The topological polar surface area (TPSA) is 37.3 Å². The maximum absolute atomic E-state index is 10.2. The minimum atomic E-state index is -0.943. The number of carboxylic acids is 1. The van der Waals surface area contributed by atoms with E-state index in [4.69, 9.17) is 16.7 Å². The van der Waals surface area contributed by atoms with Gasteiger partial charge in [0, 0.05) is 12.0 Å². The van der Waals surface area contributed by atoms with Crippen LogP contribution >= 0.6 is 11.6 Å². The summed E-state index contributed by atoms with van der Waals surface area (Å²) in [6, 6.07) is 7.40. The number of benzene rings is 1. The van der Waals surface area contributed by atoms with Gasteiger partial charge < -0.3 is 5.11 Å². The molecule has 0 saturated heterocycles. The summed E-state index contributed by atoms with van der Waals surface area (Å²) in [5.41, 5.74) is 1.88. The summed E-state index contributed by atoms with van der Waals surface area (Å²) in [6.07, 6.45) is 2.65. The van der Waals surface area contributed by atoms with Gasteiger partial charge in [-0.2, -0.15) is 0 Å². The molecule has 1 aromatic rings. The Morgan fingerprint density at radius 2 is 2.00 bits per heavy atom. The molecule has 0 fully saturated rings. The van der Waals surface area contributed by atoms with E-state index in [0.717, 1.165) is 17.2 Å². The first-order chi connectivity index (χ1) is 6.22. The summed E-state index contributed by atoms with van der Waals surface area (Å²) in [5.74, 6) is -0.468. The van der Waals surface area contributed by atoms with Crippen molar-refractivity contribution in [1.82, 2.24) is 0 Å². The molecule has 0 aromatic heterocycles. The Morgan fingerprint density at radius 1 is 1.38 bits per heavy atom. The molecule has 0 radical (unpaired) electrons. The van der Waals surface area contributed by atoms with E-state index in [1.54, 1.807) is 6.08 Å². The van der Waals surface area contributed by atoms with Crippen LogP contribution in [-0.4, -0.2) is 11.1 Å². The molecular formula is C10H9ClO2. The van der Waals surface area contributed by atoms with Crippen molar-refractivity contribution >= 4 is 23.6 Å². The van der Waals surface area contributed by atoms with Crippen LogP contribution in [0.5, 0.6) is 0 Å². The fraction of sp³-hybridized carbons (Fsp3) is 0.100. The minimum Gasteiger partial charge on any atom is -0.478 e. The van der Waals surface area contributed by atoms with Gasteiger partial charge in [0.1, 0.15) is 0 Å². The molecule has 0 amide bonds. The second kappa shape index (κ2) is 4.67. The second-order valence-electron chi connectivity index (χ2n) is 2.55. The molecule has 13 heavy (non-hydrogen) atoms. The highest BCUT2D eigenvalue weighted by Gasteiger charge is 1.91. The number of hydrogen-bond acceptors (Lipinski definition) is 1. The average Bonchev–Trinajstić information content (AvgIpc) is 2.15. The molecule has 68 valence electrons. The van der Waals surface area contributed by atoms with Crippen molar-refractivity contribution in [3.8, 4) is 0 Å². The Balaban J connectivity index is 2.75. The van der Waals surface area contributed by atoms with Gasteiger partial charge in [0.15, 0.2) is 0 Å². The Hall–Kier alpha value is -1.28. The highest BCUT2D eigenvalue weighted by Crippen LogP contribution is 2.07. The van der Waals surface area contributed by atoms with Gasteiger partial charge in [-0.05, 0) is 17.2 Å². The third kappa shape index (κ3) is 3.30. The van der Waals surface area contributed by atoms with E-state index in [1.165, 1.54) is 0 Å². The molecule has 1 aromatic carbocycles. The van der Waals surface area contributed by atoms with E-state index in [9.17, 15) is 4.79 Å². The first-order valence-corrected chi connectivity index (χ1v) is 4.32. The third-order valence-corrected chi connectivity index (χ3v) is 1.86. The maximum Gasteiger partial charge on any atom is 0.328 e. The van der Waals surface area contributed by atoms with Crippen molar-refractivity contribution < 1.29 is 9.90 Å². The number of aliphatic carboxylic acids is 1. The zero-order valence-corrected chi connectivity index (χ0v) is 7.66. The van der Waals surface area contributed by atoms with Crippen molar-refractivity contribution in [2.75, 3.05) is 0 Å². The number of carboxylic acid groups (broad SMARTS) is 1. The van der Waals surface area contributed by atoms with Crippen LogP contribution in [0.25, 0.3) is 6.08 Å². The molecule has 0 bridgehead atoms. The molecule has 2 nitrogen and oxygen atoms in total. The molecule has 0 aliphatic heterocycles. The van der Waals surface area contributed by atoms with E-state index in [2.05, 4.69) is 0 Å². The Morgan fingerprint density at radius 3 is 2.46 bits per heavy atom. The summed E-state index contributed by atoms with van der Waals surface area (Å²) in [4.78, 5) is 10.2. The van der Waals surface area contributed by atoms with E-state index in [-0.39, 0.29) is 0 Å². The summed E-state index contributed by atoms with van der Waals surface area (Å²) in [6.45, 7) is 0. The molecule has 0 aliphatic rings. The molecule has 0 aliphatic carbocycles. The van der Waals surface area contributed by atoms with Gasteiger partial charge >= 0.3 is 5.97 Å². The zero-order valence-electron chi connectivity index (χ0n) is 6.90. The molecule has 1 rings (SSSR count). The van der Waals surface area contributed by atoms with Crippen molar-refractivity contribution in [2.24, 2.45) is 0 Å². The summed E-state index contributed by atoms with van der Waals surface area (Å²) in [5, 5.41) is 8.37. The van der Waals surface area contributed by atoms with E-state index in [1.807, 2.05) is 24.3 Å². The van der Waals surface area contributed by atoms with Crippen LogP contribution in [0.4, 0.5) is 0 Å². The van der Waals surface area contributed by atoms with Crippen molar-refractivity contribution in [3.05, 3.63) is 41.5 Å². The second-order valence-corrected chi connectivity index (χ2v) is 2.81. The first-order valence-electron chi connectivity index (χ1n) is 3.78. The number of halogens is 1. The Kier molecular flexibility index (Phi) is 3.53. The summed E-state index contributed by atoms with van der Waals surface area (Å²) in [7, 11) is 0. The minimum absolute atomic E-state index is 0.475. The van der Waals surface area contributed by atoms with Crippen LogP contribution in [0.1, 0.15) is 11.1 Å². The average molecular weight is 197 g/mol. The fourth-order valence-electron chi connectivity index (χ4n) is 0.885. The van der Waals surface area contributed by atoms with E-state index in [0.29, 0.717) is 5.88 Å². The number of hydrogen-bond donors (Lipinski definition) is 1. The van der Waals surface area contributed by atoms with Crippen LogP contribution in [-0.2, 0) is 10.7 Å². The Bertz CT molecular complexity index is 314. The highest BCUT2D eigenvalue weighted by atomic mass is 35.5. The third-order valence-electron chi connectivity index (χ3n) is 1.55. The molecule has 3 heteroatoms. The van der Waals surface area contributed by atoms with Gasteiger partial charge in [-0.15, -0.1) is 11.6 Å². The molecule has 1 N–H and O–H groups in total. The quantitative estimate of drug-likeness (QED) is 0.596. The normalized spacial score (nSPS) is 10.5. The van der Waals surface area contributed by atoms with Crippen LogP contribution < -0.4 is 0 Å². The number of alkyl halides is 1. The molecule has 0 atom stereocenters. The lowest BCUT2D eigenvalue weighted by Gasteiger charge is -1.95. The molecular weight excluding hydrogens is 188 g/mol. The van der Waals surface area contributed by atoms with Crippen molar-refractivity contribution in [2.45, 2.75) is 5.88 Å². The number of rotatable bonds is 3. The molecule has 0 unspecified atom stereocenters. The summed E-state index contributed by atoms with van der Waals surface area (Å²) < 4.78 is 0. The summed E-state index contributed by atoms with van der Waals surface area (Å²) >= 11 is 5.59. The molecule has 0 spiro atoms. The van der Waals surface area contributed by atoms with Gasteiger partial charge in [0.2, 0.25) is 0 Å². The number of carbonyl (C=O) groups is 1. The highest BCUT2D eigenvalue weighted by molar-refractivity contribution is 6.17. The molecule has 0 heterocycles. The van der Waals surface area contributed by atoms with Crippen molar-refractivity contribution in [1.29, 1.82) is 0 Å². The van der Waals surface area contributed by atoms with Crippen LogP contribution in [0, 0.1) is 0 Å². The zero-order chi connectivity index (χ0) is 9.68. The maximum atomic E-state index is 10.2. The standard InChI is InChI=1S/C10H9ClO2/c11-7-9-3-1-8(2-4-9)5-6-10(12)13/h1-6H,7H2,(H,12,13). The van der Waals surface area contributed by atoms with Gasteiger partial charge in [0.25, 0.3) is 0 Å². The lowest BCUT2D eigenvalue weighted by atomic mass is 10.1. The van der Waals surface area contributed by atoms with E-state index < -0.39 is 5.97 Å². The monoisotopic (exact) mass is 196 g/mol. The van der Waals surface area contributed by atoms with Gasteiger partial charge in [-0.3, -0.25) is 0 Å². The predicted molar refractivity (Wildman–Crippen MR) is 52.7 cm³/mol. The van der Waals surface area contributed by atoms with Gasteiger partial charge in [-0.25, -0.2) is 4.79 Å². The van der Waals surface area contributed by atoms with Crippen LogP contribution in [0.2, 0.25) is 0 Å².